The van der Waals surface area contributed by atoms with Crippen LogP contribution in [0.2, 0.25) is 5.02 Å². The zero-order chi connectivity index (χ0) is 83.0. The van der Waals surface area contributed by atoms with Crippen molar-refractivity contribution in [1.82, 2.24) is 39.9 Å². The molecule has 0 saturated heterocycles. The molecule has 0 atom stereocenters. The average molecular weight is 1640 g/mol. The van der Waals surface area contributed by atoms with E-state index in [0.717, 1.165) is 22.6 Å². The molecule has 5 N–H and O–H groups in total. The largest absolute Gasteiger partial charge is 0.456 e. The SMILES string of the molecule is C.C.C.Cc1cc(C(=O)Nc2cccc(Oc3cccnc3)c2)ccc1F.Cc1cccc(C(=O)Nc2cc(Cl)cc(Oc3cccnc3)c2)n1.Cc1cccc(C(=O)Nc2cc(F)cc(Oc3cccnc3)c2)c1.Cc1cccc(C(=O)Nc2cccc(Oc3cccnc3)c2)n1.Cc1cccc(C(=O)Nc2cccc(Oc3cccnc3)c2)n1. The van der Waals surface area contributed by atoms with Crippen molar-refractivity contribution in [2.24, 2.45) is 0 Å². The van der Waals surface area contributed by atoms with Crippen LogP contribution >= 0.6 is 11.6 Å². The zero-order valence-electron chi connectivity index (χ0n) is 64.0. The summed E-state index contributed by atoms with van der Waals surface area (Å²) in [6.07, 6.45) is 16.3. The Hall–Kier alpha value is -15.8. The topological polar surface area (TPSA) is 295 Å². The second kappa shape index (κ2) is 46.1. The summed E-state index contributed by atoms with van der Waals surface area (Å²) in [5.74, 6) is 3.26. The molecule has 0 spiro atoms. The third-order valence-electron chi connectivity index (χ3n) is 15.9. The van der Waals surface area contributed by atoms with Gasteiger partial charge >= 0.3 is 0 Å². The lowest BCUT2D eigenvalue weighted by Gasteiger charge is -2.10. The molecule has 0 bridgehead atoms. The van der Waals surface area contributed by atoms with Crippen molar-refractivity contribution in [1.29, 1.82) is 0 Å². The maximum atomic E-state index is 13.8. The summed E-state index contributed by atoms with van der Waals surface area (Å²) in [4.78, 5) is 93.7. The van der Waals surface area contributed by atoms with Crippen LogP contribution < -0.4 is 50.3 Å². The highest BCUT2D eigenvalue weighted by Gasteiger charge is 2.16. The maximum absolute atomic E-state index is 13.8. The van der Waals surface area contributed by atoms with Crippen molar-refractivity contribution < 1.29 is 56.4 Å². The predicted octanol–water partition coefficient (Wildman–Crippen LogP) is 23.2. The van der Waals surface area contributed by atoms with Crippen molar-refractivity contribution in [2.75, 3.05) is 26.6 Å². The number of benzene rings is 7. The van der Waals surface area contributed by atoms with Crippen LogP contribution in [-0.4, -0.2) is 69.4 Å². The molecule has 0 aliphatic heterocycles. The molecule has 0 saturated carbocycles. The molecule has 0 aliphatic carbocycles. The van der Waals surface area contributed by atoms with E-state index < -0.39 is 5.82 Å². The van der Waals surface area contributed by atoms with Gasteiger partial charge in [-0.3, -0.25) is 48.9 Å². The van der Waals surface area contributed by atoms with E-state index in [0.29, 0.717) is 119 Å². The highest BCUT2D eigenvalue weighted by Crippen LogP contribution is 2.32. The molecule has 612 valence electrons. The van der Waals surface area contributed by atoms with E-state index in [1.165, 1.54) is 36.5 Å². The minimum Gasteiger partial charge on any atom is -0.456 e. The average Bonchev–Trinajstić information content (AvgIpc) is 0.848. The van der Waals surface area contributed by atoms with E-state index in [-0.39, 0.29) is 63.4 Å². The van der Waals surface area contributed by atoms with Crippen molar-refractivity contribution >= 4 is 69.6 Å². The van der Waals surface area contributed by atoms with Gasteiger partial charge in [-0.15, -0.1) is 0 Å². The molecule has 8 aromatic heterocycles. The Bertz CT molecular complexity index is 5630. The van der Waals surface area contributed by atoms with E-state index in [9.17, 15) is 32.8 Å². The molecule has 121 heavy (non-hydrogen) atoms. The summed E-state index contributed by atoms with van der Waals surface area (Å²) in [6.45, 7) is 9.04. The van der Waals surface area contributed by atoms with Gasteiger partial charge in [0.1, 0.15) is 86.2 Å². The second-order valence-electron chi connectivity index (χ2n) is 25.5. The van der Waals surface area contributed by atoms with Crippen molar-refractivity contribution in [3.8, 4) is 57.5 Å². The van der Waals surface area contributed by atoms with E-state index in [2.05, 4.69) is 66.5 Å². The molecule has 0 radical (unpaired) electrons. The van der Waals surface area contributed by atoms with Gasteiger partial charge in [0.2, 0.25) is 0 Å². The van der Waals surface area contributed by atoms with Gasteiger partial charge in [0, 0.05) is 129 Å². The Morgan fingerprint density at radius 3 is 0.967 bits per heavy atom. The van der Waals surface area contributed by atoms with Crippen LogP contribution in [0.25, 0.3) is 0 Å². The van der Waals surface area contributed by atoms with E-state index >= 15 is 0 Å². The number of halogens is 3. The molecular weight excluding hydrogens is 1560 g/mol. The van der Waals surface area contributed by atoms with Gasteiger partial charge in [-0.2, -0.15) is 0 Å². The molecule has 8 heterocycles. The molecule has 0 aliphatic rings. The number of rotatable bonds is 20. The molecule has 23 nitrogen and oxygen atoms in total. The Balaban J connectivity index is 0.000000187. The van der Waals surface area contributed by atoms with Gasteiger partial charge < -0.3 is 50.3 Å². The molecule has 0 fully saturated rings. The van der Waals surface area contributed by atoms with Gasteiger partial charge in [-0.1, -0.05) is 88.0 Å². The van der Waals surface area contributed by atoms with Crippen LogP contribution in [0.15, 0.2) is 329 Å². The molecule has 7 aromatic carbocycles. The first kappa shape index (κ1) is 90.8. The Morgan fingerprint density at radius 2 is 0.603 bits per heavy atom. The number of nitrogens with one attached hydrogen (secondary N) is 5. The number of carbonyl (C=O) groups excluding carboxylic acids is 5. The first-order valence-electron chi connectivity index (χ1n) is 36.2. The lowest BCUT2D eigenvalue weighted by molar-refractivity contribution is 0.101. The normalized spacial score (nSPS) is 9.95. The second-order valence-corrected chi connectivity index (χ2v) is 25.9. The summed E-state index contributed by atoms with van der Waals surface area (Å²) in [6, 6.07) is 75.5. The van der Waals surface area contributed by atoms with E-state index in [1.54, 1.807) is 239 Å². The lowest BCUT2D eigenvalue weighted by Crippen LogP contribution is -2.14. The summed E-state index contributed by atoms with van der Waals surface area (Å²) >= 11 is 6.11. The summed E-state index contributed by atoms with van der Waals surface area (Å²) < 4.78 is 55.4. The van der Waals surface area contributed by atoms with Gasteiger partial charge in [-0.25, -0.2) is 23.7 Å². The van der Waals surface area contributed by atoms with E-state index in [4.69, 9.17) is 35.3 Å². The highest BCUT2D eigenvalue weighted by atomic mass is 35.5. The van der Waals surface area contributed by atoms with Crippen LogP contribution in [0, 0.1) is 46.3 Å². The standard InChI is InChI=1S/2C19H15FN2O2.C18H14ClN3O2.2C18H15N3O2.3CH4/c1-13-10-14(7-8-18(13)20)19(23)22-15-4-2-5-16(11-15)24-17-6-3-9-21-12-17;1-13-4-2-5-14(8-13)19(23)22-16-9-15(20)10-18(11-16)24-17-6-3-7-21-12-17;1-12-4-2-6-17(21-12)18(23)22-14-8-13(19)9-16(10-14)24-15-5-3-7-20-11-15;2*1-13-5-2-9-17(20-13)18(22)21-14-6-3-7-15(11-14)23-16-8-4-10-19-12-16;;;/h2*2-12H,1H3,(H,22,23);2-11H,1H3,(H,22,23);2*2-12H,1H3,(H,21,22);3*1H4. The highest BCUT2D eigenvalue weighted by molar-refractivity contribution is 6.31. The van der Waals surface area contributed by atoms with Crippen molar-refractivity contribution in [3.63, 3.8) is 0 Å². The Morgan fingerprint density at radius 1 is 0.289 bits per heavy atom. The zero-order valence-corrected chi connectivity index (χ0v) is 64.7. The molecule has 0 unspecified atom stereocenters. The molecular formula is C95H86ClF2N13O10. The van der Waals surface area contributed by atoms with E-state index in [1.807, 2.05) is 88.4 Å². The Kier molecular flexibility index (Phi) is 34.6. The maximum Gasteiger partial charge on any atom is 0.274 e. The number of hydrogen-bond donors (Lipinski definition) is 5. The fourth-order valence-corrected chi connectivity index (χ4v) is 10.8. The van der Waals surface area contributed by atoms with Gasteiger partial charge in [-0.05, 0) is 222 Å². The molecule has 26 heteroatoms. The third kappa shape index (κ3) is 29.8. The number of pyridine rings is 8. The van der Waals surface area contributed by atoms with Crippen LogP contribution in [-0.2, 0) is 0 Å². The smallest absolute Gasteiger partial charge is 0.274 e. The number of ether oxygens (including phenoxy) is 5. The summed E-state index contributed by atoms with van der Waals surface area (Å²) in [7, 11) is 0. The first-order valence-corrected chi connectivity index (χ1v) is 36.6. The number of hydrogen-bond acceptors (Lipinski definition) is 18. The molecule has 15 aromatic rings. The fraction of sp³-hybridized carbons (Fsp3) is 0.0842. The van der Waals surface area contributed by atoms with Crippen LogP contribution in [0.1, 0.15) is 103 Å². The van der Waals surface area contributed by atoms with Gasteiger partial charge in [0.25, 0.3) is 29.5 Å². The predicted molar refractivity (Wildman–Crippen MR) is 468 cm³/mol. The van der Waals surface area contributed by atoms with Crippen LogP contribution in [0.5, 0.6) is 57.5 Å². The first-order chi connectivity index (χ1) is 57.2. The fourth-order valence-electron chi connectivity index (χ4n) is 10.6. The lowest BCUT2D eigenvalue weighted by atomic mass is 10.1. The van der Waals surface area contributed by atoms with Gasteiger partial charge in [0.15, 0.2) is 0 Å². The van der Waals surface area contributed by atoms with Crippen LogP contribution in [0.3, 0.4) is 0 Å². The Labute approximate surface area is 705 Å². The number of aryl methyl sites for hydroxylation is 5. The minimum absolute atomic E-state index is 0. The number of anilines is 5. The number of amides is 5. The minimum atomic E-state index is -0.504. The molecule has 15 rings (SSSR count). The monoisotopic (exact) mass is 1640 g/mol. The van der Waals surface area contributed by atoms with Crippen LogP contribution in [0.4, 0.5) is 37.2 Å². The van der Waals surface area contributed by atoms with Gasteiger partial charge in [0.05, 0.1) is 31.0 Å². The summed E-state index contributed by atoms with van der Waals surface area (Å²) in [5, 5.41) is 14.3. The van der Waals surface area contributed by atoms with Crippen molar-refractivity contribution in [3.05, 3.63) is 402 Å². The third-order valence-corrected chi connectivity index (χ3v) is 16.2. The number of nitrogens with zero attached hydrogens (tertiary/aromatic N) is 8. The summed E-state index contributed by atoms with van der Waals surface area (Å²) in [5.41, 5.74) is 8.47. The molecule has 5 amide bonds. The number of aromatic nitrogens is 8. The quantitative estimate of drug-likeness (QED) is 0.0474. The van der Waals surface area contributed by atoms with Crippen molar-refractivity contribution in [2.45, 2.75) is 56.9 Å². The number of carbonyl (C=O) groups is 5.